The van der Waals surface area contributed by atoms with Crippen LogP contribution in [0, 0.1) is 0 Å². The van der Waals surface area contributed by atoms with Crippen molar-refractivity contribution in [3.63, 3.8) is 0 Å². The number of thiocarbonyl (C=S) groups is 1. The summed E-state index contributed by atoms with van der Waals surface area (Å²) in [5.41, 5.74) is 3.39. The van der Waals surface area contributed by atoms with Gasteiger partial charge in [0.25, 0.3) is 0 Å². The standard InChI is InChI=1S/C11H13Cl2N3OS/c1-17-6-5-14-11(18)16-15-7-8-3-2-4-9(12)10(8)13/h2-4,7H,5-6H2,1H3,(H2,14,16,18)/b15-7+. The lowest BCUT2D eigenvalue weighted by atomic mass is 10.2. The summed E-state index contributed by atoms with van der Waals surface area (Å²) in [6.07, 6.45) is 1.55. The SMILES string of the molecule is COCCNC(=S)N/N=C/c1cccc(Cl)c1Cl. The van der Waals surface area contributed by atoms with Gasteiger partial charge in [-0.15, -0.1) is 0 Å². The van der Waals surface area contributed by atoms with Crippen LogP contribution in [0.15, 0.2) is 23.3 Å². The van der Waals surface area contributed by atoms with Crippen LogP contribution in [0.3, 0.4) is 0 Å². The number of ether oxygens (including phenoxy) is 1. The lowest BCUT2D eigenvalue weighted by molar-refractivity contribution is 0.204. The minimum Gasteiger partial charge on any atom is -0.383 e. The average molecular weight is 306 g/mol. The summed E-state index contributed by atoms with van der Waals surface area (Å²) in [6, 6.07) is 5.32. The number of hydrogen-bond acceptors (Lipinski definition) is 3. The summed E-state index contributed by atoms with van der Waals surface area (Å²) in [6.45, 7) is 1.20. The van der Waals surface area contributed by atoms with Crippen molar-refractivity contribution in [2.75, 3.05) is 20.3 Å². The predicted molar refractivity (Wildman–Crippen MR) is 79.7 cm³/mol. The zero-order valence-electron chi connectivity index (χ0n) is 9.74. The van der Waals surface area contributed by atoms with E-state index in [0.717, 1.165) is 5.56 Å². The first kappa shape index (κ1) is 15.2. The Kier molecular flexibility index (Phi) is 6.97. The van der Waals surface area contributed by atoms with Gasteiger partial charge >= 0.3 is 0 Å². The number of nitrogens with one attached hydrogen (secondary N) is 2. The van der Waals surface area contributed by atoms with E-state index in [2.05, 4.69) is 15.8 Å². The first-order valence-electron chi connectivity index (χ1n) is 5.15. The molecule has 0 aliphatic carbocycles. The van der Waals surface area contributed by atoms with Gasteiger partial charge in [-0.2, -0.15) is 5.10 Å². The van der Waals surface area contributed by atoms with Gasteiger partial charge in [0.1, 0.15) is 0 Å². The second-order valence-corrected chi connectivity index (χ2v) is 4.46. The van der Waals surface area contributed by atoms with Crippen molar-refractivity contribution < 1.29 is 4.74 Å². The number of rotatable bonds is 5. The van der Waals surface area contributed by atoms with Gasteiger partial charge in [-0.1, -0.05) is 35.3 Å². The van der Waals surface area contributed by atoms with Gasteiger partial charge in [-0.3, -0.25) is 5.43 Å². The normalized spacial score (nSPS) is 10.6. The molecule has 0 saturated carbocycles. The average Bonchev–Trinajstić information content (AvgIpc) is 2.35. The molecule has 0 unspecified atom stereocenters. The van der Waals surface area contributed by atoms with E-state index in [1.165, 1.54) is 0 Å². The summed E-state index contributed by atoms with van der Waals surface area (Å²) in [5, 5.41) is 8.24. The van der Waals surface area contributed by atoms with Crippen molar-refractivity contribution in [2.24, 2.45) is 5.10 Å². The number of benzene rings is 1. The zero-order valence-corrected chi connectivity index (χ0v) is 12.1. The molecule has 2 N–H and O–H groups in total. The molecule has 0 heterocycles. The molecular formula is C11H13Cl2N3OS. The lowest BCUT2D eigenvalue weighted by Crippen LogP contribution is -2.34. The minimum absolute atomic E-state index is 0.418. The third-order valence-corrected chi connectivity index (χ3v) is 3.01. The van der Waals surface area contributed by atoms with Crippen LogP contribution in [0.5, 0.6) is 0 Å². The first-order valence-corrected chi connectivity index (χ1v) is 6.31. The van der Waals surface area contributed by atoms with Gasteiger partial charge in [-0.25, -0.2) is 0 Å². The Morgan fingerprint density at radius 1 is 1.50 bits per heavy atom. The van der Waals surface area contributed by atoms with Crippen molar-refractivity contribution >= 4 is 46.7 Å². The number of hydrazone groups is 1. The highest BCUT2D eigenvalue weighted by Crippen LogP contribution is 2.23. The maximum atomic E-state index is 5.99. The van der Waals surface area contributed by atoms with Gasteiger partial charge in [-0.05, 0) is 18.3 Å². The maximum absolute atomic E-state index is 5.99. The summed E-state index contributed by atoms with van der Waals surface area (Å²) in [7, 11) is 1.62. The summed E-state index contributed by atoms with van der Waals surface area (Å²) in [5.74, 6) is 0. The Morgan fingerprint density at radius 2 is 2.28 bits per heavy atom. The molecule has 0 spiro atoms. The molecular weight excluding hydrogens is 293 g/mol. The Morgan fingerprint density at radius 3 is 3.00 bits per heavy atom. The van der Waals surface area contributed by atoms with Crippen molar-refractivity contribution in [1.82, 2.24) is 10.7 Å². The second-order valence-electron chi connectivity index (χ2n) is 3.26. The maximum Gasteiger partial charge on any atom is 0.187 e. The quantitative estimate of drug-likeness (QED) is 0.380. The molecule has 18 heavy (non-hydrogen) atoms. The van der Waals surface area contributed by atoms with Crippen molar-refractivity contribution in [1.29, 1.82) is 0 Å². The third kappa shape index (κ3) is 5.18. The molecule has 1 aromatic carbocycles. The molecule has 0 saturated heterocycles. The van der Waals surface area contributed by atoms with Crippen LogP contribution in [0.2, 0.25) is 10.0 Å². The molecule has 0 aromatic heterocycles. The Labute approximate surface area is 121 Å². The van der Waals surface area contributed by atoms with Crippen LogP contribution >= 0.6 is 35.4 Å². The fourth-order valence-corrected chi connectivity index (χ4v) is 1.60. The van der Waals surface area contributed by atoms with E-state index in [1.807, 2.05) is 0 Å². The summed E-state index contributed by atoms with van der Waals surface area (Å²) in [4.78, 5) is 0. The lowest BCUT2D eigenvalue weighted by Gasteiger charge is -2.05. The summed E-state index contributed by atoms with van der Waals surface area (Å²) < 4.78 is 4.87. The molecule has 4 nitrogen and oxygen atoms in total. The van der Waals surface area contributed by atoms with E-state index in [4.69, 9.17) is 40.2 Å². The Hall–Kier alpha value is -0.880. The molecule has 0 radical (unpaired) electrons. The number of methoxy groups -OCH3 is 1. The van der Waals surface area contributed by atoms with E-state index >= 15 is 0 Å². The van der Waals surface area contributed by atoms with Crippen LogP contribution in [0.25, 0.3) is 0 Å². The van der Waals surface area contributed by atoms with Gasteiger partial charge in [0.2, 0.25) is 0 Å². The van der Waals surface area contributed by atoms with Gasteiger partial charge in [0.05, 0.1) is 22.9 Å². The van der Waals surface area contributed by atoms with E-state index < -0.39 is 0 Å². The fourth-order valence-electron chi connectivity index (χ4n) is 1.09. The Bertz CT molecular complexity index is 440. The smallest absolute Gasteiger partial charge is 0.187 e. The molecule has 1 rings (SSSR count). The van der Waals surface area contributed by atoms with Gasteiger partial charge < -0.3 is 10.1 Å². The molecule has 0 aliphatic heterocycles. The molecule has 0 fully saturated rings. The highest BCUT2D eigenvalue weighted by atomic mass is 35.5. The molecule has 0 bridgehead atoms. The fraction of sp³-hybridized carbons (Fsp3) is 0.273. The van der Waals surface area contributed by atoms with Gasteiger partial charge in [0.15, 0.2) is 5.11 Å². The number of hydrogen-bond donors (Lipinski definition) is 2. The molecule has 7 heteroatoms. The number of nitrogens with zero attached hydrogens (tertiary/aromatic N) is 1. The van der Waals surface area contributed by atoms with E-state index in [0.29, 0.717) is 28.3 Å². The first-order chi connectivity index (χ1) is 8.65. The van der Waals surface area contributed by atoms with Crippen LogP contribution in [0.4, 0.5) is 0 Å². The highest BCUT2D eigenvalue weighted by molar-refractivity contribution is 7.80. The van der Waals surface area contributed by atoms with Crippen molar-refractivity contribution in [3.8, 4) is 0 Å². The van der Waals surface area contributed by atoms with Gasteiger partial charge in [0, 0.05) is 19.2 Å². The molecule has 0 atom stereocenters. The monoisotopic (exact) mass is 305 g/mol. The van der Waals surface area contributed by atoms with Crippen molar-refractivity contribution in [2.45, 2.75) is 0 Å². The van der Waals surface area contributed by atoms with E-state index in [9.17, 15) is 0 Å². The van der Waals surface area contributed by atoms with E-state index in [1.54, 1.807) is 31.5 Å². The van der Waals surface area contributed by atoms with Crippen molar-refractivity contribution in [3.05, 3.63) is 33.8 Å². The molecule has 0 aliphatic rings. The third-order valence-electron chi connectivity index (χ3n) is 1.94. The highest BCUT2D eigenvalue weighted by Gasteiger charge is 2.01. The largest absolute Gasteiger partial charge is 0.383 e. The summed E-state index contributed by atoms with van der Waals surface area (Å²) >= 11 is 16.9. The van der Waals surface area contributed by atoms with Crippen LogP contribution in [-0.2, 0) is 4.74 Å². The van der Waals surface area contributed by atoms with Crippen LogP contribution in [0.1, 0.15) is 5.56 Å². The molecule has 1 aromatic rings. The molecule has 98 valence electrons. The number of halogens is 2. The van der Waals surface area contributed by atoms with Crippen LogP contribution < -0.4 is 10.7 Å². The zero-order chi connectivity index (χ0) is 13.4. The predicted octanol–water partition coefficient (Wildman–Crippen LogP) is 2.44. The Balaban J connectivity index is 2.45. The molecule has 0 amide bonds. The topological polar surface area (TPSA) is 45.6 Å². The van der Waals surface area contributed by atoms with E-state index in [-0.39, 0.29) is 0 Å². The second kappa shape index (κ2) is 8.26. The minimum atomic E-state index is 0.418. The van der Waals surface area contributed by atoms with Crippen LogP contribution in [-0.4, -0.2) is 31.6 Å².